The first kappa shape index (κ1) is 28.3. The standard InChI is InChI=1S/C36H22N6S3/c1-23-31(20-37)36(44-33(23)21-38)39-22-28-16-19-32(43-28)30-18-17-29(34-35(30)41-45-40-34)24-12-14-27(15-13-24)42(25-8-4-2-5-9-25)26-10-6-3-7-11-26/h2-19,22H,1H3. The zero-order valence-corrected chi connectivity index (χ0v) is 26.3. The van der Waals surface area contributed by atoms with Gasteiger partial charge in [0.2, 0.25) is 0 Å². The molecule has 7 rings (SSSR count). The predicted molar refractivity (Wildman–Crippen MR) is 187 cm³/mol. The van der Waals surface area contributed by atoms with Crippen molar-refractivity contribution in [3.8, 4) is 33.7 Å². The lowest BCUT2D eigenvalue weighted by molar-refractivity contribution is 1.28. The van der Waals surface area contributed by atoms with Crippen LogP contribution in [0.4, 0.5) is 22.1 Å². The average molecular weight is 635 g/mol. The molecule has 45 heavy (non-hydrogen) atoms. The average Bonchev–Trinajstić information content (AvgIpc) is 3.84. The molecule has 0 spiro atoms. The minimum atomic E-state index is 0.455. The van der Waals surface area contributed by atoms with Crippen molar-refractivity contribution in [2.24, 2.45) is 4.99 Å². The van der Waals surface area contributed by atoms with Gasteiger partial charge in [-0.15, -0.1) is 22.7 Å². The van der Waals surface area contributed by atoms with E-state index in [1.54, 1.807) is 24.5 Å². The Morgan fingerprint density at radius 3 is 1.96 bits per heavy atom. The number of fused-ring (bicyclic) bond motifs is 1. The number of aromatic nitrogens is 2. The second kappa shape index (κ2) is 12.3. The molecule has 0 unspecified atom stereocenters. The molecule has 0 saturated heterocycles. The Hall–Kier alpha value is -5.45. The maximum atomic E-state index is 9.54. The molecule has 9 heteroatoms. The van der Waals surface area contributed by atoms with E-state index >= 15 is 0 Å². The van der Waals surface area contributed by atoms with Gasteiger partial charge in [0.05, 0.1) is 17.3 Å². The van der Waals surface area contributed by atoms with Crippen LogP contribution < -0.4 is 4.90 Å². The summed E-state index contributed by atoms with van der Waals surface area (Å²) in [6.45, 7) is 1.78. The summed E-state index contributed by atoms with van der Waals surface area (Å²) in [5, 5.41) is 19.4. The molecule has 0 fully saturated rings. The summed E-state index contributed by atoms with van der Waals surface area (Å²) >= 11 is 4.05. The quantitative estimate of drug-likeness (QED) is 0.163. The molecule has 0 bridgehead atoms. The van der Waals surface area contributed by atoms with Gasteiger partial charge in [0, 0.05) is 44.2 Å². The molecular weight excluding hydrogens is 613 g/mol. The van der Waals surface area contributed by atoms with E-state index in [2.05, 4.69) is 117 Å². The second-order valence-electron chi connectivity index (χ2n) is 10.1. The number of anilines is 3. The summed E-state index contributed by atoms with van der Waals surface area (Å²) in [6, 6.07) is 41.9. The largest absolute Gasteiger partial charge is 0.311 e. The van der Waals surface area contributed by atoms with Crippen molar-refractivity contribution in [1.29, 1.82) is 10.5 Å². The van der Waals surface area contributed by atoms with Crippen molar-refractivity contribution in [2.75, 3.05) is 4.90 Å². The van der Waals surface area contributed by atoms with Crippen LogP contribution in [0.15, 0.2) is 114 Å². The number of nitriles is 2. The zero-order valence-electron chi connectivity index (χ0n) is 23.9. The van der Waals surface area contributed by atoms with Crippen molar-refractivity contribution in [3.63, 3.8) is 0 Å². The third-order valence-electron chi connectivity index (χ3n) is 7.42. The smallest absolute Gasteiger partial charge is 0.135 e. The third-order valence-corrected chi connectivity index (χ3v) is 10.1. The van der Waals surface area contributed by atoms with Crippen molar-refractivity contribution in [3.05, 3.63) is 130 Å². The lowest BCUT2D eigenvalue weighted by Crippen LogP contribution is -2.09. The molecule has 0 aliphatic heterocycles. The van der Waals surface area contributed by atoms with E-state index in [4.69, 9.17) is 4.37 Å². The molecule has 0 amide bonds. The third kappa shape index (κ3) is 5.41. The highest BCUT2D eigenvalue weighted by atomic mass is 32.1. The molecule has 3 heterocycles. The van der Waals surface area contributed by atoms with Gasteiger partial charge in [-0.3, -0.25) is 0 Å². The monoisotopic (exact) mass is 634 g/mol. The Bertz CT molecular complexity index is 2210. The van der Waals surface area contributed by atoms with Gasteiger partial charge in [-0.25, -0.2) is 4.99 Å². The molecule has 0 atom stereocenters. The highest BCUT2D eigenvalue weighted by molar-refractivity contribution is 7.17. The Morgan fingerprint density at radius 2 is 1.31 bits per heavy atom. The number of thiophene rings is 2. The lowest BCUT2D eigenvalue weighted by Gasteiger charge is -2.25. The SMILES string of the molecule is Cc1c(C#N)sc(N=Cc2ccc(-c3ccc(-c4ccc(N(c5ccccc5)c5ccccc5)cc4)c4nsnc34)s2)c1C#N. The van der Waals surface area contributed by atoms with Crippen LogP contribution in [-0.4, -0.2) is 15.0 Å². The fourth-order valence-corrected chi connectivity index (χ4v) is 7.59. The molecule has 0 N–H and O–H groups in total. The van der Waals surface area contributed by atoms with Crippen LogP contribution >= 0.6 is 34.4 Å². The fraction of sp³-hybridized carbons (Fsp3) is 0.0278. The minimum absolute atomic E-state index is 0.455. The number of nitrogens with zero attached hydrogens (tertiary/aromatic N) is 6. The molecule has 0 aliphatic rings. The van der Waals surface area contributed by atoms with Crippen molar-refractivity contribution in [2.45, 2.75) is 6.92 Å². The van der Waals surface area contributed by atoms with Crippen molar-refractivity contribution < 1.29 is 0 Å². The van der Waals surface area contributed by atoms with Crippen LogP contribution in [0.25, 0.3) is 32.6 Å². The molecule has 0 saturated carbocycles. The summed E-state index contributed by atoms with van der Waals surface area (Å²) in [6.07, 6.45) is 1.75. The number of hydrogen-bond acceptors (Lipinski definition) is 9. The number of rotatable bonds is 7. The van der Waals surface area contributed by atoms with E-state index in [0.717, 1.165) is 54.5 Å². The molecule has 3 aromatic heterocycles. The van der Waals surface area contributed by atoms with E-state index < -0.39 is 0 Å². The number of aliphatic imine (C=N–C) groups is 1. The topological polar surface area (TPSA) is 89.0 Å². The van der Waals surface area contributed by atoms with Gasteiger partial charge in [-0.2, -0.15) is 19.3 Å². The minimum Gasteiger partial charge on any atom is -0.311 e. The van der Waals surface area contributed by atoms with Gasteiger partial charge in [-0.1, -0.05) is 60.7 Å². The number of para-hydroxylation sites is 2. The van der Waals surface area contributed by atoms with Crippen LogP contribution in [0.1, 0.15) is 20.9 Å². The fourth-order valence-electron chi connectivity index (χ4n) is 5.21. The van der Waals surface area contributed by atoms with Crippen molar-refractivity contribution in [1.82, 2.24) is 8.75 Å². The summed E-state index contributed by atoms with van der Waals surface area (Å²) in [5.74, 6) is 0. The number of hydrogen-bond donors (Lipinski definition) is 0. The van der Waals surface area contributed by atoms with Crippen LogP contribution in [0.3, 0.4) is 0 Å². The maximum absolute atomic E-state index is 9.54. The summed E-state index contributed by atoms with van der Waals surface area (Å²) in [7, 11) is 0. The molecule has 7 aromatic rings. The molecular formula is C36H22N6S3. The summed E-state index contributed by atoms with van der Waals surface area (Å²) in [4.78, 5) is 9.30. The van der Waals surface area contributed by atoms with Gasteiger partial charge in [0.25, 0.3) is 0 Å². The van der Waals surface area contributed by atoms with Crippen LogP contribution in [0.5, 0.6) is 0 Å². The van der Waals surface area contributed by atoms with Gasteiger partial charge in [0.15, 0.2) is 0 Å². The normalized spacial score (nSPS) is 11.1. The Morgan fingerprint density at radius 1 is 0.689 bits per heavy atom. The molecule has 0 radical (unpaired) electrons. The maximum Gasteiger partial charge on any atom is 0.135 e. The Kier molecular flexibility index (Phi) is 7.73. The highest BCUT2D eigenvalue weighted by Crippen LogP contribution is 2.40. The van der Waals surface area contributed by atoms with Gasteiger partial charge in [0.1, 0.15) is 33.1 Å². The van der Waals surface area contributed by atoms with Crippen LogP contribution in [-0.2, 0) is 0 Å². The van der Waals surface area contributed by atoms with Crippen LogP contribution in [0.2, 0.25) is 0 Å². The van der Waals surface area contributed by atoms with E-state index in [1.807, 2.05) is 18.2 Å². The zero-order chi connectivity index (χ0) is 30.8. The summed E-state index contributed by atoms with van der Waals surface area (Å²) < 4.78 is 9.38. The van der Waals surface area contributed by atoms with E-state index in [0.29, 0.717) is 21.0 Å². The highest BCUT2D eigenvalue weighted by Gasteiger charge is 2.17. The first-order chi connectivity index (χ1) is 22.1. The Balaban J connectivity index is 1.19. The first-order valence-electron chi connectivity index (χ1n) is 14.0. The molecule has 4 aromatic carbocycles. The van der Waals surface area contributed by atoms with Crippen LogP contribution in [0, 0.1) is 29.6 Å². The summed E-state index contributed by atoms with van der Waals surface area (Å²) in [5.41, 5.74) is 9.23. The van der Waals surface area contributed by atoms with Gasteiger partial charge < -0.3 is 4.90 Å². The first-order valence-corrected chi connectivity index (χ1v) is 16.3. The van der Waals surface area contributed by atoms with Gasteiger partial charge in [-0.05, 0) is 66.6 Å². The Labute approximate surface area is 272 Å². The molecule has 214 valence electrons. The van der Waals surface area contributed by atoms with E-state index in [-0.39, 0.29) is 0 Å². The second-order valence-corrected chi connectivity index (χ2v) is 12.7. The van der Waals surface area contributed by atoms with Crippen molar-refractivity contribution >= 4 is 73.7 Å². The lowest BCUT2D eigenvalue weighted by atomic mass is 10.0. The van der Waals surface area contributed by atoms with E-state index in [9.17, 15) is 10.5 Å². The molecule has 6 nitrogen and oxygen atoms in total. The molecule has 0 aliphatic carbocycles. The predicted octanol–water partition coefficient (Wildman–Crippen LogP) is 10.4. The van der Waals surface area contributed by atoms with Gasteiger partial charge >= 0.3 is 0 Å². The van der Waals surface area contributed by atoms with E-state index in [1.165, 1.54) is 23.1 Å². The number of benzene rings is 4.